The Kier molecular flexibility index (Phi) is 7.25. The number of hydrogen-bond donors (Lipinski definition) is 4. The van der Waals surface area contributed by atoms with Crippen LogP contribution in [0.25, 0.3) is 11.0 Å². The average Bonchev–Trinajstić information content (AvgIpc) is 3.39. The third-order valence-electron chi connectivity index (χ3n) is 6.94. The normalized spacial score (nSPS) is 23.3. The molecule has 3 aromatic rings. The van der Waals surface area contributed by atoms with E-state index < -0.39 is 58.9 Å². The molecule has 0 bridgehead atoms. The number of alkyl halides is 3. The monoisotopic (exact) mass is 556 g/mol. The molecule has 1 unspecified atom stereocenters. The number of halogens is 5. The maximum Gasteiger partial charge on any atom is 0.417 e. The fourth-order valence-corrected chi connectivity index (χ4v) is 4.79. The predicted molar refractivity (Wildman–Crippen MR) is 128 cm³/mol. The topological polar surface area (TPSA) is 158 Å². The minimum atomic E-state index is -4.86. The predicted octanol–water partition coefficient (Wildman–Crippen LogP) is 3.44. The molecule has 210 valence electrons. The number of primary amides is 1. The van der Waals surface area contributed by atoms with Crippen LogP contribution in [0.5, 0.6) is 5.75 Å². The van der Waals surface area contributed by atoms with E-state index in [0.717, 1.165) is 26.2 Å². The van der Waals surface area contributed by atoms with Crippen LogP contribution in [0.15, 0.2) is 18.2 Å². The first kappa shape index (κ1) is 28.2. The van der Waals surface area contributed by atoms with Crippen LogP contribution in [-0.2, 0) is 9.53 Å². The van der Waals surface area contributed by atoms with Gasteiger partial charge in [-0.2, -0.15) is 17.6 Å². The summed E-state index contributed by atoms with van der Waals surface area (Å²) in [6.45, 7) is 2.17. The van der Waals surface area contributed by atoms with Crippen molar-refractivity contribution in [3.63, 3.8) is 0 Å². The molecular weight excluding hydrogens is 531 g/mol. The van der Waals surface area contributed by atoms with Crippen molar-refractivity contribution < 1.29 is 41.0 Å². The zero-order chi connectivity index (χ0) is 28.9. The van der Waals surface area contributed by atoms with Crippen LogP contribution < -0.4 is 21.5 Å². The molecule has 4 atom stereocenters. The number of ether oxygens (including phenoxy) is 2. The van der Waals surface area contributed by atoms with Gasteiger partial charge in [-0.3, -0.25) is 9.59 Å². The first-order valence-corrected chi connectivity index (χ1v) is 11.7. The number of benzene rings is 1. The zero-order valence-corrected chi connectivity index (χ0v) is 21.0. The number of carbonyl (C=O) groups excluding carboxylic acids is 2. The summed E-state index contributed by atoms with van der Waals surface area (Å²) in [6.07, 6.45) is -6.40. The van der Waals surface area contributed by atoms with Crippen LogP contribution >= 0.6 is 0 Å². The van der Waals surface area contributed by atoms with E-state index in [1.54, 1.807) is 0 Å². The second-order valence-electron chi connectivity index (χ2n) is 9.27. The zero-order valence-electron chi connectivity index (χ0n) is 21.0. The van der Waals surface area contributed by atoms with E-state index in [-0.39, 0.29) is 46.9 Å². The Labute approximate surface area is 218 Å². The minimum absolute atomic E-state index is 0.0403. The Morgan fingerprint density at radius 3 is 2.54 bits per heavy atom. The van der Waals surface area contributed by atoms with Crippen LogP contribution in [0.2, 0.25) is 0 Å². The molecule has 0 aliphatic carbocycles. The molecule has 10 nitrogen and oxygen atoms in total. The number of hydrogen-bond acceptors (Lipinski definition) is 7. The molecule has 1 aliphatic rings. The Balaban J connectivity index is 1.90. The molecule has 6 N–H and O–H groups in total. The lowest BCUT2D eigenvalue weighted by atomic mass is 9.77. The fraction of sp³-hybridized carbons (Fsp3) is 0.417. The number of nitrogens with one attached hydrogen (secondary N) is 2. The number of anilines is 1. The van der Waals surface area contributed by atoms with Crippen LogP contribution in [0.4, 0.5) is 27.8 Å². The number of methoxy groups -OCH3 is 1. The number of fused-ring (bicyclic) bond motifs is 1. The van der Waals surface area contributed by atoms with Crippen LogP contribution in [0, 0.1) is 17.6 Å². The number of H-pyrrole nitrogens is 1. The Hall–Kier alpha value is -3.85. The highest BCUT2D eigenvalue weighted by Gasteiger charge is 2.65. The third-order valence-corrected chi connectivity index (χ3v) is 6.94. The smallest absolute Gasteiger partial charge is 0.417 e. The molecule has 4 rings (SSSR count). The first-order valence-electron chi connectivity index (χ1n) is 11.7. The second-order valence-corrected chi connectivity index (χ2v) is 9.27. The first-order chi connectivity index (χ1) is 18.2. The van der Waals surface area contributed by atoms with Crippen LogP contribution in [-0.4, -0.2) is 52.2 Å². The molecule has 3 heterocycles. The molecule has 1 aromatic carbocycles. The number of amides is 2. The lowest BCUT2D eigenvalue weighted by Crippen LogP contribution is -2.46. The number of nitrogens with zero attached hydrogens (tertiary/aromatic N) is 2. The van der Waals surface area contributed by atoms with Gasteiger partial charge in [0.25, 0.3) is 5.91 Å². The van der Waals surface area contributed by atoms with E-state index in [9.17, 15) is 31.5 Å². The number of aromatic amines is 1. The molecule has 2 amide bonds. The van der Waals surface area contributed by atoms with Gasteiger partial charge in [0.05, 0.1) is 12.6 Å². The summed E-state index contributed by atoms with van der Waals surface area (Å²) in [5.41, 5.74) is 7.64. The molecule has 0 radical (unpaired) electrons. The van der Waals surface area contributed by atoms with Gasteiger partial charge in [0, 0.05) is 36.4 Å². The fourth-order valence-electron chi connectivity index (χ4n) is 4.79. The van der Waals surface area contributed by atoms with E-state index in [2.05, 4.69) is 20.3 Å². The van der Waals surface area contributed by atoms with Gasteiger partial charge in [0.15, 0.2) is 22.9 Å². The molecule has 39 heavy (non-hydrogen) atoms. The Morgan fingerprint density at radius 2 is 1.95 bits per heavy atom. The van der Waals surface area contributed by atoms with E-state index in [1.165, 1.54) is 13.0 Å². The van der Waals surface area contributed by atoms with Crippen LogP contribution in [0.1, 0.15) is 54.2 Å². The van der Waals surface area contributed by atoms with E-state index >= 15 is 0 Å². The molecule has 2 aromatic heterocycles. The van der Waals surface area contributed by atoms with Crippen molar-refractivity contribution in [3.05, 3.63) is 46.9 Å². The van der Waals surface area contributed by atoms with Gasteiger partial charge in [0.2, 0.25) is 11.7 Å². The highest BCUT2D eigenvalue weighted by atomic mass is 19.4. The van der Waals surface area contributed by atoms with Crippen LogP contribution in [0.3, 0.4) is 0 Å². The minimum Gasteiger partial charge on any atom is -0.493 e. The standard InChI is InChI=1S/C24H25F5N6O4/c1-9-15(10-4-5-11(25)16(26)19(10)38-3)20(39-23(9,2)24(27,28)29)22-32-12-8-13(33-14(36)6-7-30)34-18(21(31)37)17(12)35-22/h4-5,8-9,15,20H,6-7,30H2,1-3H3,(H2,31,37)(H,32,35)(H,33,34,36)/t9?,15-,20+,23+/m0/s1. The molecular formula is C24H25F5N6O4. The lowest BCUT2D eigenvalue weighted by molar-refractivity contribution is -0.275. The van der Waals surface area contributed by atoms with Gasteiger partial charge in [-0.05, 0) is 13.0 Å². The van der Waals surface area contributed by atoms with Gasteiger partial charge >= 0.3 is 6.18 Å². The molecule has 1 saturated heterocycles. The maximum absolute atomic E-state index is 14.6. The summed E-state index contributed by atoms with van der Waals surface area (Å²) in [5.74, 6) is -7.54. The van der Waals surface area contributed by atoms with Crippen molar-refractivity contribution in [2.75, 3.05) is 19.0 Å². The number of aromatic nitrogens is 3. The highest BCUT2D eigenvalue weighted by Crippen LogP contribution is 2.59. The number of imidazole rings is 1. The number of pyridine rings is 1. The van der Waals surface area contributed by atoms with Gasteiger partial charge in [-0.25, -0.2) is 14.4 Å². The molecule has 1 fully saturated rings. The van der Waals surface area contributed by atoms with Crippen molar-refractivity contribution in [2.24, 2.45) is 17.4 Å². The largest absolute Gasteiger partial charge is 0.493 e. The number of carbonyl (C=O) groups is 2. The Morgan fingerprint density at radius 1 is 1.26 bits per heavy atom. The van der Waals surface area contributed by atoms with E-state index in [4.69, 9.17) is 20.9 Å². The molecule has 1 aliphatic heterocycles. The number of rotatable bonds is 7. The van der Waals surface area contributed by atoms with Crippen molar-refractivity contribution in [2.45, 2.75) is 44.1 Å². The van der Waals surface area contributed by atoms with Gasteiger partial charge in [0.1, 0.15) is 23.3 Å². The van der Waals surface area contributed by atoms with Gasteiger partial charge < -0.3 is 31.2 Å². The Bertz CT molecular complexity index is 1440. The molecule has 0 spiro atoms. The second kappa shape index (κ2) is 10.0. The van der Waals surface area contributed by atoms with Crippen molar-refractivity contribution >= 4 is 28.7 Å². The quantitative estimate of drug-likeness (QED) is 0.325. The average molecular weight is 556 g/mol. The highest BCUT2D eigenvalue weighted by molar-refractivity contribution is 6.04. The molecule has 0 saturated carbocycles. The lowest BCUT2D eigenvalue weighted by Gasteiger charge is -2.32. The van der Waals surface area contributed by atoms with Crippen molar-refractivity contribution in [3.8, 4) is 5.75 Å². The van der Waals surface area contributed by atoms with Crippen molar-refractivity contribution in [1.82, 2.24) is 15.0 Å². The summed E-state index contributed by atoms with van der Waals surface area (Å²) in [5, 5.41) is 2.45. The third kappa shape index (κ3) is 4.76. The summed E-state index contributed by atoms with van der Waals surface area (Å²) < 4.78 is 82.0. The SMILES string of the molecule is COc1c([C@@H]2C(C)[C@](C)(C(F)(F)F)O[C@H]2c2nc3c(C(N)=O)nc(NC(=O)CCN)cc3[nH]2)ccc(F)c1F. The van der Waals surface area contributed by atoms with E-state index in [1.807, 2.05) is 0 Å². The summed E-state index contributed by atoms with van der Waals surface area (Å²) in [4.78, 5) is 35.2. The summed E-state index contributed by atoms with van der Waals surface area (Å²) in [6, 6.07) is 3.21. The van der Waals surface area contributed by atoms with E-state index in [0.29, 0.717) is 0 Å². The summed E-state index contributed by atoms with van der Waals surface area (Å²) >= 11 is 0. The van der Waals surface area contributed by atoms with Crippen molar-refractivity contribution in [1.29, 1.82) is 0 Å². The van der Waals surface area contributed by atoms with Gasteiger partial charge in [-0.1, -0.05) is 13.0 Å². The summed E-state index contributed by atoms with van der Waals surface area (Å²) in [7, 11) is 1.06. The number of nitrogens with two attached hydrogens (primary N) is 2. The maximum atomic E-state index is 14.6. The molecule has 15 heteroatoms. The van der Waals surface area contributed by atoms with Gasteiger partial charge in [-0.15, -0.1) is 0 Å².